The molecule has 13 heteroatoms. The lowest BCUT2D eigenvalue weighted by Crippen LogP contribution is -2.37. The van der Waals surface area contributed by atoms with Crippen LogP contribution in [0.4, 0.5) is 0 Å². The van der Waals surface area contributed by atoms with Gasteiger partial charge >= 0.3 is 11.9 Å². The average Bonchev–Trinajstić information content (AvgIpc) is 2.91. The van der Waals surface area contributed by atoms with Gasteiger partial charge in [-0.25, -0.2) is 0 Å². The van der Waals surface area contributed by atoms with E-state index in [0.29, 0.717) is 30.6 Å². The number of aliphatic carboxylic acids is 2. The molecular formula is C32H42INO11. The number of benzene rings is 2. The minimum absolute atomic E-state index is 0. The van der Waals surface area contributed by atoms with Gasteiger partial charge in [0, 0.05) is 46.1 Å². The van der Waals surface area contributed by atoms with Gasteiger partial charge in [0.25, 0.3) is 11.9 Å². The standard InChI is InChI=1S/C28H33NO7.2C2H4O2.HI/c1-17(2)34-27-12-22(15-29)21(10-20-6-8-23(32-5)9-7-20)11-26(27)28-14-24(35-19(4)31)13-25(36-28)16-33-18(3)30;2*1-2(3)4;/h6-9,11-12,17,24-25,28H,10,13-14,16H2,1-5H3;2*1H3,(H,3,4);1H/t24-,25-,28+;;;/m0.../s1. The van der Waals surface area contributed by atoms with Gasteiger partial charge in [0.1, 0.15) is 24.2 Å². The van der Waals surface area contributed by atoms with E-state index in [0.717, 1.165) is 36.3 Å². The summed E-state index contributed by atoms with van der Waals surface area (Å²) < 4.78 is 28.4. The lowest BCUT2D eigenvalue weighted by molar-refractivity contribution is -0.169. The second-order valence-corrected chi connectivity index (χ2v) is 10.1. The normalized spacial score (nSPS) is 16.6. The largest absolute Gasteiger partial charge is 0.497 e. The van der Waals surface area contributed by atoms with Crippen molar-refractivity contribution in [3.8, 4) is 17.6 Å². The lowest BCUT2D eigenvalue weighted by atomic mass is 9.91. The molecular weight excluding hydrogens is 701 g/mol. The quantitative estimate of drug-likeness (QED) is 0.245. The van der Waals surface area contributed by atoms with Crippen LogP contribution in [-0.4, -0.2) is 66.1 Å². The zero-order chi connectivity index (χ0) is 33.4. The second kappa shape index (κ2) is 20.9. The number of esters is 2. The van der Waals surface area contributed by atoms with Crippen LogP contribution >= 0.6 is 24.0 Å². The first-order valence-corrected chi connectivity index (χ1v) is 13.9. The van der Waals surface area contributed by atoms with E-state index in [-0.39, 0.29) is 42.7 Å². The van der Waals surface area contributed by atoms with Crippen LogP contribution in [0.3, 0.4) is 0 Å². The summed E-state index contributed by atoms with van der Waals surface area (Å²) in [4.78, 5) is 41.1. The van der Waals surface area contributed by atoms with Crippen molar-refractivity contribution in [1.29, 1.82) is 5.26 Å². The highest BCUT2D eigenvalue weighted by Crippen LogP contribution is 2.40. The van der Waals surface area contributed by atoms with Crippen molar-refractivity contribution in [2.24, 2.45) is 0 Å². The summed E-state index contributed by atoms with van der Waals surface area (Å²) in [6, 6.07) is 13.6. The molecule has 0 bridgehead atoms. The van der Waals surface area contributed by atoms with Gasteiger partial charge in [-0.3, -0.25) is 19.2 Å². The molecule has 0 unspecified atom stereocenters. The predicted molar refractivity (Wildman–Crippen MR) is 174 cm³/mol. The fourth-order valence-corrected chi connectivity index (χ4v) is 4.29. The van der Waals surface area contributed by atoms with Crippen molar-refractivity contribution >= 4 is 47.9 Å². The molecule has 1 saturated heterocycles. The maximum atomic E-state index is 11.7. The topological polar surface area (TPSA) is 179 Å². The Bertz CT molecular complexity index is 1290. The minimum Gasteiger partial charge on any atom is -0.497 e. The fraction of sp³-hybridized carbons (Fsp3) is 0.469. The predicted octanol–water partition coefficient (Wildman–Crippen LogP) is 5.46. The summed E-state index contributed by atoms with van der Waals surface area (Å²) >= 11 is 0. The molecule has 0 radical (unpaired) electrons. The molecule has 1 heterocycles. The zero-order valence-electron chi connectivity index (χ0n) is 26.5. The number of ether oxygens (including phenoxy) is 5. The molecule has 2 aromatic rings. The molecule has 0 spiro atoms. The number of carboxylic acid groups (broad SMARTS) is 2. The maximum Gasteiger partial charge on any atom is 0.302 e. The molecule has 1 fully saturated rings. The highest BCUT2D eigenvalue weighted by atomic mass is 127. The molecule has 45 heavy (non-hydrogen) atoms. The fourth-order valence-electron chi connectivity index (χ4n) is 4.29. The van der Waals surface area contributed by atoms with Crippen molar-refractivity contribution < 1.29 is 53.1 Å². The number of rotatable bonds is 9. The molecule has 3 atom stereocenters. The van der Waals surface area contributed by atoms with Gasteiger partial charge in [0.2, 0.25) is 0 Å². The van der Waals surface area contributed by atoms with E-state index in [1.54, 1.807) is 13.2 Å². The number of nitrogens with zero attached hydrogens (tertiary/aromatic N) is 1. The zero-order valence-corrected chi connectivity index (χ0v) is 28.9. The number of hydrogen-bond acceptors (Lipinski definition) is 10. The molecule has 1 aliphatic rings. The molecule has 2 N–H and O–H groups in total. The number of halogens is 1. The Labute approximate surface area is 280 Å². The Morgan fingerprint density at radius 2 is 1.56 bits per heavy atom. The highest BCUT2D eigenvalue weighted by molar-refractivity contribution is 14.0. The third-order valence-electron chi connectivity index (χ3n) is 5.78. The van der Waals surface area contributed by atoms with E-state index in [4.69, 9.17) is 43.5 Å². The molecule has 0 aromatic heterocycles. The van der Waals surface area contributed by atoms with Crippen LogP contribution in [0, 0.1) is 11.3 Å². The number of carboxylic acids is 2. The SMILES string of the molecule is CC(=O)O.CC(=O)O.COc1ccc(Cc2cc([C@H]3C[C@@H](OC(C)=O)C[C@@H](COC(C)=O)O3)c(OC(C)C)cc2C#N)cc1.I. The van der Waals surface area contributed by atoms with Crippen LogP contribution in [-0.2, 0) is 39.8 Å². The third kappa shape index (κ3) is 16.7. The van der Waals surface area contributed by atoms with Crippen LogP contribution in [0.25, 0.3) is 0 Å². The van der Waals surface area contributed by atoms with E-state index in [2.05, 4.69) is 6.07 Å². The number of carbonyl (C=O) groups is 4. The van der Waals surface area contributed by atoms with Crippen LogP contribution in [0.2, 0.25) is 0 Å². The van der Waals surface area contributed by atoms with Gasteiger partial charge < -0.3 is 33.9 Å². The lowest BCUT2D eigenvalue weighted by Gasteiger charge is -2.35. The summed E-state index contributed by atoms with van der Waals surface area (Å²) in [6.07, 6.45) is -0.123. The Hall–Kier alpha value is -3.90. The monoisotopic (exact) mass is 743 g/mol. The van der Waals surface area contributed by atoms with Crippen LogP contribution in [0.1, 0.15) is 82.7 Å². The van der Waals surface area contributed by atoms with Crippen LogP contribution in [0.15, 0.2) is 36.4 Å². The Balaban J connectivity index is 0.00000192. The van der Waals surface area contributed by atoms with Crippen LogP contribution in [0.5, 0.6) is 11.5 Å². The molecule has 0 aliphatic carbocycles. The van der Waals surface area contributed by atoms with Gasteiger partial charge in [-0.2, -0.15) is 5.26 Å². The van der Waals surface area contributed by atoms with Gasteiger partial charge in [-0.05, 0) is 55.7 Å². The smallest absolute Gasteiger partial charge is 0.302 e. The Morgan fingerprint density at radius 1 is 0.978 bits per heavy atom. The first kappa shape index (κ1) is 41.1. The Morgan fingerprint density at radius 3 is 2.02 bits per heavy atom. The summed E-state index contributed by atoms with van der Waals surface area (Å²) in [7, 11) is 1.62. The first-order valence-electron chi connectivity index (χ1n) is 13.9. The molecule has 0 saturated carbocycles. The van der Waals surface area contributed by atoms with Gasteiger partial charge in [0.15, 0.2) is 0 Å². The van der Waals surface area contributed by atoms with E-state index in [1.807, 2.05) is 44.2 Å². The first-order chi connectivity index (χ1) is 20.6. The van der Waals surface area contributed by atoms with E-state index in [9.17, 15) is 14.9 Å². The molecule has 248 valence electrons. The molecule has 3 rings (SSSR count). The van der Waals surface area contributed by atoms with E-state index >= 15 is 0 Å². The minimum atomic E-state index is -0.833. The summed E-state index contributed by atoms with van der Waals surface area (Å²) in [5, 5.41) is 24.7. The van der Waals surface area contributed by atoms with Gasteiger partial charge in [-0.15, -0.1) is 24.0 Å². The average molecular weight is 744 g/mol. The summed E-state index contributed by atoms with van der Waals surface area (Å²) in [6.45, 7) is 8.75. The number of hydrogen-bond donors (Lipinski definition) is 2. The van der Waals surface area contributed by atoms with Crippen molar-refractivity contribution in [1.82, 2.24) is 0 Å². The molecule has 1 aliphatic heterocycles. The third-order valence-corrected chi connectivity index (χ3v) is 5.78. The van der Waals surface area contributed by atoms with Gasteiger partial charge in [-0.1, -0.05) is 12.1 Å². The highest BCUT2D eigenvalue weighted by Gasteiger charge is 2.35. The molecule has 0 amide bonds. The van der Waals surface area contributed by atoms with E-state index in [1.165, 1.54) is 13.8 Å². The summed E-state index contributed by atoms with van der Waals surface area (Å²) in [5.74, 6) is -1.16. The second-order valence-electron chi connectivity index (χ2n) is 10.1. The number of carbonyl (C=O) groups excluding carboxylic acids is 2. The van der Waals surface area contributed by atoms with Crippen molar-refractivity contribution in [3.05, 3.63) is 58.7 Å². The molecule has 12 nitrogen and oxygen atoms in total. The van der Waals surface area contributed by atoms with Crippen molar-refractivity contribution in [2.75, 3.05) is 13.7 Å². The number of methoxy groups -OCH3 is 1. The Kier molecular flexibility index (Phi) is 19.1. The number of nitriles is 1. The molecule has 2 aromatic carbocycles. The van der Waals surface area contributed by atoms with Crippen LogP contribution < -0.4 is 9.47 Å². The maximum absolute atomic E-state index is 11.7. The summed E-state index contributed by atoms with van der Waals surface area (Å²) in [5.41, 5.74) is 3.11. The van der Waals surface area contributed by atoms with Crippen molar-refractivity contribution in [3.63, 3.8) is 0 Å². The van der Waals surface area contributed by atoms with E-state index < -0.39 is 36.2 Å². The van der Waals surface area contributed by atoms with Crippen molar-refractivity contribution in [2.45, 2.75) is 85.2 Å². The van der Waals surface area contributed by atoms with Gasteiger partial charge in [0.05, 0.1) is 37.1 Å².